The first-order valence-corrected chi connectivity index (χ1v) is 14.3. The molecule has 0 radical (unpaired) electrons. The zero-order chi connectivity index (χ0) is 30.9. The maximum atomic E-state index is 12.1. The summed E-state index contributed by atoms with van der Waals surface area (Å²) in [6.45, 7) is 7.54. The number of esters is 4. The van der Waals surface area contributed by atoms with Gasteiger partial charge in [-0.1, -0.05) is 56.5 Å². The van der Waals surface area contributed by atoms with E-state index in [1.807, 2.05) is 30.3 Å². The van der Waals surface area contributed by atoms with Gasteiger partial charge >= 0.3 is 23.9 Å². The van der Waals surface area contributed by atoms with Crippen LogP contribution >= 0.6 is 0 Å². The van der Waals surface area contributed by atoms with Gasteiger partial charge in [-0.05, 0) is 12.0 Å². The topological polar surface area (TPSA) is 142 Å². The van der Waals surface area contributed by atoms with Crippen LogP contribution in [0.4, 0.5) is 0 Å². The number of carbonyl (C=O) groups excluding carboxylic acids is 4. The lowest BCUT2D eigenvalue weighted by molar-refractivity contribution is -0.321. The molecule has 1 aromatic carbocycles. The van der Waals surface area contributed by atoms with Crippen LogP contribution in [0.15, 0.2) is 30.3 Å². The van der Waals surface area contributed by atoms with Gasteiger partial charge in [-0.2, -0.15) is 0 Å². The van der Waals surface area contributed by atoms with Gasteiger partial charge in [-0.3, -0.25) is 19.2 Å². The van der Waals surface area contributed by atoms with Crippen molar-refractivity contribution in [3.63, 3.8) is 0 Å². The first kappa shape index (κ1) is 35.1. The van der Waals surface area contributed by atoms with Crippen LogP contribution < -0.4 is 0 Å². The summed E-state index contributed by atoms with van der Waals surface area (Å²) in [7, 11) is 0. The SMILES string of the molecule is CCCCCCOCC(COCc1ccccc1)O[C@@H]1O[C@H](COC(C)=O)[C@H](OC(C)=O)[C@H](OC(C)=O)[C@H]1OC(C)=O. The molecule has 1 aliphatic heterocycles. The van der Waals surface area contributed by atoms with Crippen molar-refractivity contribution in [3.05, 3.63) is 35.9 Å². The van der Waals surface area contributed by atoms with Crippen molar-refractivity contribution in [2.24, 2.45) is 0 Å². The number of carbonyl (C=O) groups is 4. The molecule has 0 amide bonds. The Morgan fingerprint density at radius 2 is 1.38 bits per heavy atom. The largest absolute Gasteiger partial charge is 0.463 e. The summed E-state index contributed by atoms with van der Waals surface area (Å²) in [4.78, 5) is 47.8. The van der Waals surface area contributed by atoms with Crippen LogP contribution in [0.2, 0.25) is 0 Å². The van der Waals surface area contributed by atoms with E-state index in [1.54, 1.807) is 0 Å². The van der Waals surface area contributed by atoms with Crippen LogP contribution in [-0.4, -0.2) is 87.1 Å². The number of hydrogen-bond acceptors (Lipinski definition) is 12. The lowest BCUT2D eigenvalue weighted by Crippen LogP contribution is -2.63. The molecule has 0 aromatic heterocycles. The molecule has 1 saturated heterocycles. The second-order valence-corrected chi connectivity index (χ2v) is 9.96. The van der Waals surface area contributed by atoms with Crippen LogP contribution in [0.5, 0.6) is 0 Å². The number of ether oxygens (including phenoxy) is 8. The van der Waals surface area contributed by atoms with Gasteiger partial charge in [-0.15, -0.1) is 0 Å². The Hall–Kier alpha value is -3.06. The highest BCUT2D eigenvalue weighted by Gasteiger charge is 2.53. The summed E-state index contributed by atoms with van der Waals surface area (Å²) in [6.07, 6.45) is -2.93. The fourth-order valence-corrected chi connectivity index (χ4v) is 4.34. The van der Waals surface area contributed by atoms with Crippen LogP contribution in [0.3, 0.4) is 0 Å². The quantitative estimate of drug-likeness (QED) is 0.139. The third kappa shape index (κ3) is 13.3. The lowest BCUT2D eigenvalue weighted by Gasteiger charge is -2.44. The molecule has 0 saturated carbocycles. The molecule has 12 heteroatoms. The van der Waals surface area contributed by atoms with Gasteiger partial charge in [0.15, 0.2) is 24.6 Å². The van der Waals surface area contributed by atoms with Gasteiger partial charge in [-0.25, -0.2) is 0 Å². The van der Waals surface area contributed by atoms with Gasteiger partial charge in [0, 0.05) is 34.3 Å². The smallest absolute Gasteiger partial charge is 0.303 e. The molecule has 236 valence electrons. The Labute approximate surface area is 247 Å². The number of hydrogen-bond donors (Lipinski definition) is 0. The van der Waals surface area contributed by atoms with Crippen molar-refractivity contribution in [2.75, 3.05) is 26.4 Å². The average Bonchev–Trinajstić information content (AvgIpc) is 2.92. The third-order valence-electron chi connectivity index (χ3n) is 6.14. The van der Waals surface area contributed by atoms with Crippen molar-refractivity contribution < 1.29 is 57.1 Å². The van der Waals surface area contributed by atoms with Crippen molar-refractivity contribution in [3.8, 4) is 0 Å². The number of rotatable bonds is 18. The molecule has 42 heavy (non-hydrogen) atoms. The van der Waals surface area contributed by atoms with E-state index in [4.69, 9.17) is 37.9 Å². The van der Waals surface area contributed by atoms with Gasteiger partial charge in [0.05, 0.1) is 19.8 Å². The fourth-order valence-electron chi connectivity index (χ4n) is 4.34. The zero-order valence-corrected chi connectivity index (χ0v) is 25.1. The van der Waals surface area contributed by atoms with Gasteiger partial charge in [0.25, 0.3) is 0 Å². The summed E-state index contributed by atoms with van der Waals surface area (Å²) < 4.78 is 45.7. The standard InChI is InChI=1S/C30H44O12/c1-6-7-8-12-15-35-17-25(18-36-16-24-13-10-9-11-14-24)41-30-29(40-23(5)34)28(39-22(4)33)27(38-21(3)32)26(42-30)19-37-20(2)31/h9-11,13-14,25-30H,6-8,12,15-19H2,1-5H3/t25?,26-,27+,28+,29-,30-/m1/s1. The van der Waals surface area contributed by atoms with E-state index >= 15 is 0 Å². The summed E-state index contributed by atoms with van der Waals surface area (Å²) >= 11 is 0. The average molecular weight is 597 g/mol. The second-order valence-electron chi connectivity index (χ2n) is 9.96. The molecule has 0 N–H and O–H groups in total. The molecule has 1 fully saturated rings. The minimum absolute atomic E-state index is 0.0940. The molecule has 1 aliphatic rings. The Morgan fingerprint density at radius 1 is 0.762 bits per heavy atom. The summed E-state index contributed by atoms with van der Waals surface area (Å²) in [5.41, 5.74) is 0.962. The normalized spacial score (nSPS) is 22.5. The number of unbranched alkanes of at least 4 members (excludes halogenated alkanes) is 3. The molecular formula is C30H44O12. The van der Waals surface area contributed by atoms with E-state index in [0.717, 1.165) is 45.1 Å². The molecule has 2 rings (SSSR count). The maximum Gasteiger partial charge on any atom is 0.303 e. The molecule has 1 aromatic rings. The number of benzene rings is 1. The van der Waals surface area contributed by atoms with Gasteiger partial charge in [0.1, 0.15) is 18.8 Å². The van der Waals surface area contributed by atoms with Gasteiger partial charge in [0.2, 0.25) is 0 Å². The fraction of sp³-hybridized carbons (Fsp3) is 0.667. The van der Waals surface area contributed by atoms with Crippen molar-refractivity contribution in [1.29, 1.82) is 0 Å². The van der Waals surface area contributed by atoms with Crippen molar-refractivity contribution >= 4 is 23.9 Å². The van der Waals surface area contributed by atoms with Crippen LogP contribution in [-0.2, 0) is 63.7 Å². The zero-order valence-electron chi connectivity index (χ0n) is 25.1. The Morgan fingerprint density at radius 3 is 2.00 bits per heavy atom. The highest BCUT2D eigenvalue weighted by Crippen LogP contribution is 2.30. The van der Waals surface area contributed by atoms with E-state index in [0.29, 0.717) is 13.2 Å². The summed E-state index contributed by atoms with van der Waals surface area (Å²) in [6, 6.07) is 9.58. The molecule has 1 unspecified atom stereocenters. The maximum absolute atomic E-state index is 12.1. The van der Waals surface area contributed by atoms with E-state index in [2.05, 4.69) is 6.92 Å². The van der Waals surface area contributed by atoms with E-state index in [1.165, 1.54) is 13.8 Å². The van der Waals surface area contributed by atoms with Crippen LogP contribution in [0.25, 0.3) is 0 Å². The van der Waals surface area contributed by atoms with E-state index < -0.39 is 60.7 Å². The molecule has 1 heterocycles. The van der Waals surface area contributed by atoms with Crippen molar-refractivity contribution in [2.45, 2.75) is 104 Å². The Balaban J connectivity index is 2.29. The predicted molar refractivity (Wildman–Crippen MR) is 148 cm³/mol. The summed E-state index contributed by atoms with van der Waals surface area (Å²) in [5, 5.41) is 0. The second kappa shape index (κ2) is 19.2. The highest BCUT2D eigenvalue weighted by atomic mass is 16.7. The molecule has 0 bridgehead atoms. The molecular weight excluding hydrogens is 552 g/mol. The van der Waals surface area contributed by atoms with Crippen LogP contribution in [0.1, 0.15) is 65.9 Å². The van der Waals surface area contributed by atoms with Crippen LogP contribution in [0, 0.1) is 0 Å². The highest BCUT2D eigenvalue weighted by molar-refractivity contribution is 5.68. The third-order valence-corrected chi connectivity index (χ3v) is 6.14. The minimum Gasteiger partial charge on any atom is -0.463 e. The lowest BCUT2D eigenvalue weighted by atomic mass is 9.98. The van der Waals surface area contributed by atoms with Gasteiger partial charge < -0.3 is 37.9 Å². The first-order chi connectivity index (χ1) is 20.1. The summed E-state index contributed by atoms with van der Waals surface area (Å²) in [5.74, 6) is -2.75. The molecule has 0 spiro atoms. The Kier molecular flexibility index (Phi) is 16.1. The van der Waals surface area contributed by atoms with Crippen molar-refractivity contribution in [1.82, 2.24) is 0 Å². The first-order valence-electron chi connectivity index (χ1n) is 14.3. The minimum atomic E-state index is -1.33. The van der Waals surface area contributed by atoms with E-state index in [-0.39, 0.29) is 19.8 Å². The van der Waals surface area contributed by atoms with E-state index in [9.17, 15) is 19.2 Å². The Bertz CT molecular complexity index is 968. The monoisotopic (exact) mass is 596 g/mol. The molecule has 6 atom stereocenters. The molecule has 0 aliphatic carbocycles. The molecule has 12 nitrogen and oxygen atoms in total. The predicted octanol–water partition coefficient (Wildman–Crippen LogP) is 3.27.